The Morgan fingerprint density at radius 3 is 2.63 bits per heavy atom. The normalized spacial score (nSPS) is 15.5. The molecule has 0 saturated heterocycles. The highest BCUT2D eigenvalue weighted by atomic mass is 79.9. The number of carbonyl (C=O) groups is 2. The molecule has 1 atom stereocenters. The van der Waals surface area contributed by atoms with Gasteiger partial charge in [0, 0.05) is 45.4 Å². The number of carbonyl (C=O) groups excluding carboxylic acids is 2. The van der Waals surface area contributed by atoms with Gasteiger partial charge in [0.25, 0.3) is 0 Å². The number of aromatic amines is 1. The van der Waals surface area contributed by atoms with Crippen molar-refractivity contribution >= 4 is 38.6 Å². The average molecular weight is 544 g/mol. The quantitative estimate of drug-likeness (QED) is 0.297. The Bertz CT molecular complexity index is 1290. The molecule has 0 spiro atoms. The molecule has 186 valence electrons. The van der Waals surface area contributed by atoms with Crippen molar-refractivity contribution in [2.75, 3.05) is 13.2 Å². The van der Waals surface area contributed by atoms with Crippen molar-refractivity contribution in [3.05, 3.63) is 63.3 Å². The molecule has 35 heavy (non-hydrogen) atoms. The molecule has 4 rings (SSSR count). The molecule has 1 aliphatic rings. The Balaban J connectivity index is 1.60. The maximum absolute atomic E-state index is 13.5. The van der Waals surface area contributed by atoms with Crippen molar-refractivity contribution in [1.82, 2.24) is 4.98 Å². The molecule has 1 aliphatic carbocycles. The van der Waals surface area contributed by atoms with Crippen molar-refractivity contribution in [3.63, 3.8) is 0 Å². The van der Waals surface area contributed by atoms with Crippen molar-refractivity contribution in [2.24, 2.45) is 0 Å². The van der Waals surface area contributed by atoms with Crippen LogP contribution in [0.4, 0.5) is 0 Å². The van der Waals surface area contributed by atoms with Gasteiger partial charge in [-0.2, -0.15) is 0 Å². The Morgan fingerprint density at radius 2 is 1.94 bits per heavy atom. The number of rotatable bonds is 8. The number of benzene rings is 2. The smallest absolute Gasteiger partial charge is 0.302 e. The highest BCUT2D eigenvalue weighted by Gasteiger charge is 2.40. The van der Waals surface area contributed by atoms with Crippen LogP contribution in [0.25, 0.3) is 10.9 Å². The standard InChI is InChI=1S/C27H30BrNO6/c1-15(30)33-11-10-18(35-27(4,5)32)14-34-17-7-9-19-21(13-17)26(2,3)25-23(24(19)31)20-8-6-16(28)12-22(20)29-25/h6-9,12-13,18,29,32H,10-11,14H2,1-5H3. The number of halogens is 1. The van der Waals surface area contributed by atoms with E-state index >= 15 is 0 Å². The van der Waals surface area contributed by atoms with E-state index in [9.17, 15) is 14.7 Å². The zero-order valence-corrected chi connectivity index (χ0v) is 22.1. The summed E-state index contributed by atoms with van der Waals surface area (Å²) in [6.07, 6.45) is -0.134. The van der Waals surface area contributed by atoms with Crippen molar-refractivity contribution < 1.29 is 28.9 Å². The van der Waals surface area contributed by atoms with Crippen molar-refractivity contribution in [2.45, 2.75) is 58.3 Å². The number of ketones is 1. The van der Waals surface area contributed by atoms with Crippen LogP contribution in [0, 0.1) is 0 Å². The van der Waals surface area contributed by atoms with Gasteiger partial charge in [0.1, 0.15) is 12.4 Å². The van der Waals surface area contributed by atoms with E-state index in [1.54, 1.807) is 12.1 Å². The molecule has 8 heteroatoms. The molecule has 3 aromatic rings. The van der Waals surface area contributed by atoms with Gasteiger partial charge in [-0.15, -0.1) is 0 Å². The Morgan fingerprint density at radius 1 is 1.20 bits per heavy atom. The fraction of sp³-hybridized carbons (Fsp3) is 0.407. The van der Waals surface area contributed by atoms with E-state index in [1.807, 2.05) is 24.3 Å². The third-order valence-electron chi connectivity index (χ3n) is 6.16. The first-order chi connectivity index (χ1) is 16.4. The Labute approximate surface area is 212 Å². The predicted molar refractivity (Wildman–Crippen MR) is 136 cm³/mol. The van der Waals surface area contributed by atoms with Crippen LogP contribution >= 0.6 is 15.9 Å². The van der Waals surface area contributed by atoms with Gasteiger partial charge in [0.05, 0.1) is 18.3 Å². The summed E-state index contributed by atoms with van der Waals surface area (Å²) in [6.45, 7) is 8.89. The van der Waals surface area contributed by atoms with E-state index in [4.69, 9.17) is 14.2 Å². The first-order valence-corrected chi connectivity index (χ1v) is 12.3. The van der Waals surface area contributed by atoms with Gasteiger partial charge in [-0.1, -0.05) is 35.8 Å². The maximum atomic E-state index is 13.5. The van der Waals surface area contributed by atoms with Gasteiger partial charge in [-0.05, 0) is 49.7 Å². The second kappa shape index (κ2) is 9.41. The Hall–Kier alpha value is -2.68. The molecule has 2 aromatic carbocycles. The van der Waals surface area contributed by atoms with Crippen molar-refractivity contribution in [1.29, 1.82) is 0 Å². The lowest BCUT2D eigenvalue weighted by atomic mass is 9.71. The fourth-order valence-electron chi connectivity index (χ4n) is 4.58. The highest BCUT2D eigenvalue weighted by molar-refractivity contribution is 9.10. The van der Waals surface area contributed by atoms with Crippen molar-refractivity contribution in [3.8, 4) is 5.75 Å². The number of hydrogen-bond acceptors (Lipinski definition) is 6. The topological polar surface area (TPSA) is 97.9 Å². The molecule has 1 unspecified atom stereocenters. The largest absolute Gasteiger partial charge is 0.491 e. The molecule has 0 fully saturated rings. The molecule has 0 radical (unpaired) electrons. The molecule has 1 aromatic heterocycles. The van der Waals surface area contributed by atoms with Crippen LogP contribution < -0.4 is 4.74 Å². The average Bonchev–Trinajstić information content (AvgIpc) is 3.14. The summed E-state index contributed by atoms with van der Waals surface area (Å²) in [4.78, 5) is 28.1. The van der Waals surface area contributed by atoms with E-state index < -0.39 is 17.3 Å². The summed E-state index contributed by atoms with van der Waals surface area (Å²) in [5.74, 6) is -1.17. The summed E-state index contributed by atoms with van der Waals surface area (Å²) in [5.41, 5.74) is 3.57. The van der Waals surface area contributed by atoms with Gasteiger partial charge in [0.15, 0.2) is 11.6 Å². The molecule has 0 saturated carbocycles. The number of H-pyrrole nitrogens is 1. The van der Waals surface area contributed by atoms with Gasteiger partial charge >= 0.3 is 5.97 Å². The van der Waals surface area contributed by atoms with Crippen LogP contribution in [0.2, 0.25) is 0 Å². The summed E-state index contributed by atoms with van der Waals surface area (Å²) in [6, 6.07) is 11.4. The maximum Gasteiger partial charge on any atom is 0.302 e. The minimum Gasteiger partial charge on any atom is -0.491 e. The lowest BCUT2D eigenvalue weighted by Gasteiger charge is -2.32. The predicted octanol–water partition coefficient (Wildman–Crippen LogP) is 5.25. The minimum absolute atomic E-state index is 0.0148. The number of fused-ring (bicyclic) bond motifs is 4. The van der Waals surface area contributed by atoms with Crippen LogP contribution in [0.5, 0.6) is 5.75 Å². The van der Waals surface area contributed by atoms with Crippen LogP contribution in [0.15, 0.2) is 40.9 Å². The summed E-state index contributed by atoms with van der Waals surface area (Å²) < 4.78 is 17.7. The molecular weight excluding hydrogens is 514 g/mol. The highest BCUT2D eigenvalue weighted by Crippen LogP contribution is 2.45. The lowest BCUT2D eigenvalue weighted by molar-refractivity contribution is -0.213. The summed E-state index contributed by atoms with van der Waals surface area (Å²) >= 11 is 3.50. The van der Waals surface area contributed by atoms with E-state index in [0.717, 1.165) is 26.6 Å². The van der Waals surface area contributed by atoms with Crippen LogP contribution in [0.1, 0.15) is 68.2 Å². The molecule has 0 amide bonds. The third kappa shape index (κ3) is 5.29. The monoisotopic (exact) mass is 543 g/mol. The van der Waals surface area contributed by atoms with Gasteiger partial charge in [0.2, 0.25) is 0 Å². The molecule has 0 bridgehead atoms. The SMILES string of the molecule is CC(=O)OCCC(COc1ccc2c(c1)C(C)(C)c1[nH]c3cc(Br)ccc3c1C2=O)OC(C)(C)O. The van der Waals surface area contributed by atoms with Gasteiger partial charge in [-0.25, -0.2) is 0 Å². The number of aromatic nitrogens is 1. The molecule has 2 N–H and O–H groups in total. The van der Waals surface area contributed by atoms with Crippen LogP contribution in [0.3, 0.4) is 0 Å². The van der Waals surface area contributed by atoms with Gasteiger partial charge < -0.3 is 24.3 Å². The number of esters is 1. The van der Waals surface area contributed by atoms with Gasteiger partial charge in [-0.3, -0.25) is 9.59 Å². The zero-order chi connectivity index (χ0) is 25.5. The number of nitrogens with one attached hydrogen (secondary N) is 1. The molecule has 1 heterocycles. The number of aliphatic hydroxyl groups is 1. The van der Waals surface area contributed by atoms with Crippen LogP contribution in [-0.2, 0) is 19.7 Å². The number of hydrogen-bond donors (Lipinski definition) is 2. The number of ether oxygens (including phenoxy) is 3. The van der Waals surface area contributed by atoms with E-state index in [0.29, 0.717) is 23.3 Å². The molecule has 7 nitrogen and oxygen atoms in total. The molecular formula is C27H30BrNO6. The summed E-state index contributed by atoms with van der Waals surface area (Å²) in [7, 11) is 0. The third-order valence-corrected chi connectivity index (χ3v) is 6.65. The minimum atomic E-state index is -1.37. The van der Waals surface area contributed by atoms with E-state index in [1.165, 1.54) is 20.8 Å². The van der Waals surface area contributed by atoms with Crippen LogP contribution in [-0.4, -0.2) is 46.9 Å². The first-order valence-electron chi connectivity index (χ1n) is 11.5. The lowest BCUT2D eigenvalue weighted by Crippen LogP contribution is -2.35. The fourth-order valence-corrected chi connectivity index (χ4v) is 4.94. The van der Waals surface area contributed by atoms with E-state index in [2.05, 4.69) is 34.8 Å². The molecule has 0 aliphatic heterocycles. The Kier molecular flexibility index (Phi) is 6.83. The second-order valence-corrected chi connectivity index (χ2v) is 10.8. The first kappa shape index (κ1) is 25.4. The summed E-state index contributed by atoms with van der Waals surface area (Å²) in [5, 5.41) is 11.0. The second-order valence-electron chi connectivity index (χ2n) is 9.85. The van der Waals surface area contributed by atoms with E-state index in [-0.39, 0.29) is 25.0 Å². The zero-order valence-electron chi connectivity index (χ0n) is 20.5.